The molecule has 34 heavy (non-hydrogen) atoms. The lowest BCUT2D eigenvalue weighted by Crippen LogP contribution is -2.60. The molecule has 5 rings (SSSR count). The van der Waals surface area contributed by atoms with Crippen LogP contribution in [0, 0.1) is 50.7 Å². The molecule has 0 unspecified atom stereocenters. The maximum absolute atomic E-state index is 10.9. The van der Waals surface area contributed by atoms with Crippen molar-refractivity contribution in [3.05, 3.63) is 11.6 Å². The van der Waals surface area contributed by atoms with E-state index in [1.165, 1.54) is 25.7 Å². The largest absolute Gasteiger partial charge is 0.396 e. The van der Waals surface area contributed by atoms with Gasteiger partial charge in [-0.1, -0.05) is 46.3 Å². The molecule has 0 aromatic heterocycles. The molecule has 0 amide bonds. The molecule has 11 atom stereocenters. The second kappa shape index (κ2) is 8.04. The van der Waals surface area contributed by atoms with Crippen LogP contribution < -0.4 is 0 Å². The molecule has 4 fully saturated rings. The minimum Gasteiger partial charge on any atom is -0.396 e. The van der Waals surface area contributed by atoms with Crippen LogP contribution in [-0.2, 0) is 0 Å². The predicted molar refractivity (Wildman–Crippen MR) is 135 cm³/mol. The van der Waals surface area contributed by atoms with Crippen molar-refractivity contribution in [2.24, 2.45) is 50.7 Å². The van der Waals surface area contributed by atoms with Crippen LogP contribution in [0.3, 0.4) is 0 Å². The van der Waals surface area contributed by atoms with Crippen LogP contribution in [0.25, 0.3) is 0 Å². The highest BCUT2D eigenvalue weighted by Crippen LogP contribution is 2.70. The lowest BCUT2D eigenvalue weighted by Gasteiger charge is -2.64. The summed E-state index contributed by atoms with van der Waals surface area (Å²) in [6.07, 6.45) is 12.2. The van der Waals surface area contributed by atoms with Gasteiger partial charge in [-0.2, -0.15) is 0 Å². The van der Waals surface area contributed by atoms with E-state index >= 15 is 0 Å². The molecule has 0 aromatic rings. The zero-order valence-electron chi connectivity index (χ0n) is 22.3. The van der Waals surface area contributed by atoms with Gasteiger partial charge in [-0.15, -0.1) is 0 Å². The van der Waals surface area contributed by atoms with E-state index in [9.17, 15) is 20.4 Å². The Bertz CT molecular complexity index is 840. The van der Waals surface area contributed by atoms with Crippen molar-refractivity contribution >= 4 is 0 Å². The molecular formula is C30H50O4. The van der Waals surface area contributed by atoms with Crippen LogP contribution in [0.5, 0.6) is 0 Å². The van der Waals surface area contributed by atoms with Gasteiger partial charge in [0.2, 0.25) is 0 Å². The summed E-state index contributed by atoms with van der Waals surface area (Å²) in [5, 5.41) is 42.6. The second-order valence-electron chi connectivity index (χ2n) is 14.6. The van der Waals surface area contributed by atoms with Gasteiger partial charge in [-0.05, 0) is 104 Å². The molecule has 5 aliphatic rings. The summed E-state index contributed by atoms with van der Waals surface area (Å²) < 4.78 is 0. The molecule has 4 N–H and O–H groups in total. The topological polar surface area (TPSA) is 80.9 Å². The molecule has 194 valence electrons. The van der Waals surface area contributed by atoms with E-state index in [0.29, 0.717) is 23.7 Å². The minimum atomic E-state index is -0.419. The summed E-state index contributed by atoms with van der Waals surface area (Å²) in [6, 6.07) is 0. The fraction of sp³-hybridized carbons (Fsp3) is 0.933. The van der Waals surface area contributed by atoms with Gasteiger partial charge in [0.15, 0.2) is 0 Å². The average Bonchev–Trinajstić information content (AvgIpc) is 2.96. The molecule has 4 heteroatoms. The number of fused-ring (bicyclic) bond motifs is 6. The van der Waals surface area contributed by atoms with Crippen molar-refractivity contribution in [3.63, 3.8) is 0 Å². The number of hydrogen-bond acceptors (Lipinski definition) is 4. The van der Waals surface area contributed by atoms with E-state index < -0.39 is 23.0 Å². The van der Waals surface area contributed by atoms with Gasteiger partial charge in [-0.3, -0.25) is 0 Å². The molecule has 0 radical (unpaired) electrons. The van der Waals surface area contributed by atoms with Crippen LogP contribution in [0.15, 0.2) is 11.6 Å². The monoisotopic (exact) mass is 474 g/mol. The van der Waals surface area contributed by atoms with Crippen molar-refractivity contribution in [1.82, 2.24) is 0 Å². The molecule has 4 nitrogen and oxygen atoms in total. The fourth-order valence-electron chi connectivity index (χ4n) is 11.0. The van der Waals surface area contributed by atoms with Crippen LogP contribution in [-0.4, -0.2) is 45.8 Å². The van der Waals surface area contributed by atoms with Crippen LogP contribution in [0.4, 0.5) is 0 Å². The van der Waals surface area contributed by atoms with Gasteiger partial charge < -0.3 is 20.4 Å². The van der Waals surface area contributed by atoms with E-state index in [4.69, 9.17) is 0 Å². The minimum absolute atomic E-state index is 0.0620. The molecule has 4 saturated carbocycles. The number of allylic oxidation sites excluding steroid dienone is 2. The zero-order valence-corrected chi connectivity index (χ0v) is 22.3. The highest BCUT2D eigenvalue weighted by Gasteiger charge is 2.64. The van der Waals surface area contributed by atoms with Crippen molar-refractivity contribution in [2.45, 2.75) is 111 Å². The highest BCUT2D eigenvalue weighted by molar-refractivity contribution is 5.25. The van der Waals surface area contributed by atoms with Crippen molar-refractivity contribution in [1.29, 1.82) is 0 Å². The average molecular weight is 475 g/mol. The molecule has 0 spiro atoms. The molecule has 0 heterocycles. The van der Waals surface area contributed by atoms with E-state index in [0.717, 1.165) is 38.5 Å². The first-order chi connectivity index (χ1) is 15.9. The van der Waals surface area contributed by atoms with Gasteiger partial charge in [0.1, 0.15) is 0 Å². The number of aliphatic hydroxyl groups is 4. The van der Waals surface area contributed by atoms with Gasteiger partial charge >= 0.3 is 0 Å². The van der Waals surface area contributed by atoms with Crippen LogP contribution in [0.1, 0.15) is 98.8 Å². The Hall–Kier alpha value is -0.420. The molecule has 5 aliphatic carbocycles. The fourth-order valence-corrected chi connectivity index (χ4v) is 11.0. The Balaban J connectivity index is 1.50. The Morgan fingerprint density at radius 3 is 1.91 bits per heavy atom. The van der Waals surface area contributed by atoms with Crippen LogP contribution in [0.2, 0.25) is 0 Å². The van der Waals surface area contributed by atoms with Crippen molar-refractivity contribution in [3.8, 4) is 0 Å². The first kappa shape index (κ1) is 25.2. The standard InChI is InChI=1S/C30H50O4/c1-26-13-10-23-28(3,15-12-25(34)30(23,5)18-32)21(26)9-7-20-19(16-26)6-8-22-27(20,2)14-11-24(33)29(22,4)17-31/h6,20-25,31-34H,7-18H2,1-5H3/t20-,21-,22+,23+,24-,25+,26-,27+,28+,29+,30+/m0/s1. The number of aliphatic hydroxyl groups excluding tert-OH is 4. The van der Waals surface area contributed by atoms with Gasteiger partial charge in [-0.25, -0.2) is 0 Å². The van der Waals surface area contributed by atoms with Gasteiger partial charge in [0.25, 0.3) is 0 Å². The third-order valence-corrected chi connectivity index (χ3v) is 13.2. The molecule has 0 saturated heterocycles. The SMILES string of the molecule is C[C@@]12CC[C@@H]3[C@](C)(CC[C@@H](O)[C@]3(C)CO)[C@H]1CC[C@H]1C(=CC[C@@H]3[C@]1(C)CC[C@H](O)[C@]3(C)CO)C2. The highest BCUT2D eigenvalue weighted by atomic mass is 16.3. The third-order valence-electron chi connectivity index (χ3n) is 13.2. The normalized spacial score (nSPS) is 57.4. The molecule has 0 bridgehead atoms. The lowest BCUT2D eigenvalue weighted by molar-refractivity contribution is -0.189. The summed E-state index contributed by atoms with van der Waals surface area (Å²) in [7, 11) is 0. The van der Waals surface area contributed by atoms with Gasteiger partial charge in [0, 0.05) is 10.8 Å². The Labute approximate surface area is 207 Å². The van der Waals surface area contributed by atoms with E-state index in [2.05, 4.69) is 40.7 Å². The Morgan fingerprint density at radius 1 is 0.706 bits per heavy atom. The first-order valence-corrected chi connectivity index (χ1v) is 14.2. The smallest absolute Gasteiger partial charge is 0.0618 e. The Kier molecular flexibility index (Phi) is 5.97. The number of hydrogen-bond donors (Lipinski definition) is 4. The van der Waals surface area contributed by atoms with Crippen LogP contribution >= 0.6 is 0 Å². The predicted octanol–water partition coefficient (Wildman–Crippen LogP) is 5.08. The summed E-state index contributed by atoms with van der Waals surface area (Å²) in [6.45, 7) is 11.9. The number of rotatable bonds is 2. The Morgan fingerprint density at radius 2 is 1.29 bits per heavy atom. The van der Waals surface area contributed by atoms with Gasteiger partial charge in [0.05, 0.1) is 25.4 Å². The quantitative estimate of drug-likeness (QED) is 0.421. The summed E-state index contributed by atoms with van der Waals surface area (Å²) >= 11 is 0. The summed E-state index contributed by atoms with van der Waals surface area (Å²) in [5.41, 5.74) is 1.39. The second-order valence-corrected chi connectivity index (χ2v) is 14.6. The molecule has 0 aromatic carbocycles. The van der Waals surface area contributed by atoms with Crippen molar-refractivity contribution in [2.75, 3.05) is 13.2 Å². The van der Waals surface area contributed by atoms with Crippen molar-refractivity contribution < 1.29 is 20.4 Å². The summed E-state index contributed by atoms with van der Waals surface area (Å²) in [4.78, 5) is 0. The lowest BCUT2D eigenvalue weighted by atomic mass is 9.42. The molecular weight excluding hydrogens is 424 g/mol. The first-order valence-electron chi connectivity index (χ1n) is 14.2. The molecule has 0 aliphatic heterocycles. The van der Waals surface area contributed by atoms with E-state index in [1.807, 2.05) is 0 Å². The maximum atomic E-state index is 10.9. The summed E-state index contributed by atoms with van der Waals surface area (Å²) in [5.74, 6) is 1.82. The maximum Gasteiger partial charge on any atom is 0.0618 e. The van der Waals surface area contributed by atoms with E-state index in [1.54, 1.807) is 5.57 Å². The van der Waals surface area contributed by atoms with E-state index in [-0.39, 0.29) is 29.5 Å². The third kappa shape index (κ3) is 3.17. The zero-order chi connectivity index (χ0) is 24.7.